The zero-order valence-electron chi connectivity index (χ0n) is 20.0. The van der Waals surface area contributed by atoms with E-state index >= 15 is 0 Å². The number of anilines is 1. The van der Waals surface area contributed by atoms with E-state index in [1.165, 1.54) is 5.56 Å². The minimum absolute atomic E-state index is 0.0203. The number of piperidine rings is 1. The molecule has 0 spiro atoms. The van der Waals surface area contributed by atoms with Gasteiger partial charge in [-0.3, -0.25) is 9.59 Å². The number of amides is 2. The van der Waals surface area contributed by atoms with E-state index in [0.717, 1.165) is 35.2 Å². The number of aromatic nitrogens is 2. The summed E-state index contributed by atoms with van der Waals surface area (Å²) >= 11 is 0. The molecule has 2 aliphatic rings. The third kappa shape index (κ3) is 4.34. The van der Waals surface area contributed by atoms with E-state index in [0.29, 0.717) is 31.3 Å². The molecular weight excluding hydrogens is 428 g/mol. The smallest absolute Gasteiger partial charge is 0.257 e. The van der Waals surface area contributed by atoms with Gasteiger partial charge in [0.05, 0.1) is 5.92 Å². The van der Waals surface area contributed by atoms with Crippen molar-refractivity contribution in [3.63, 3.8) is 0 Å². The normalized spacial score (nSPS) is 19.1. The number of likely N-dealkylation sites (tertiary alicyclic amines) is 1. The van der Waals surface area contributed by atoms with Crippen LogP contribution in [0.25, 0.3) is 11.5 Å². The van der Waals surface area contributed by atoms with Gasteiger partial charge in [0.2, 0.25) is 11.8 Å². The van der Waals surface area contributed by atoms with Gasteiger partial charge >= 0.3 is 0 Å². The van der Waals surface area contributed by atoms with Crippen LogP contribution in [0.15, 0.2) is 47.0 Å². The van der Waals surface area contributed by atoms with Crippen LogP contribution in [0.5, 0.6) is 0 Å². The van der Waals surface area contributed by atoms with Gasteiger partial charge in [0, 0.05) is 43.2 Å². The summed E-state index contributed by atoms with van der Waals surface area (Å²) < 4.78 is 5.51. The van der Waals surface area contributed by atoms with Crippen LogP contribution in [0, 0.1) is 26.7 Å². The van der Waals surface area contributed by atoms with Crippen molar-refractivity contribution in [2.75, 3.05) is 24.5 Å². The van der Waals surface area contributed by atoms with Crippen molar-refractivity contribution < 1.29 is 14.1 Å². The summed E-state index contributed by atoms with van der Waals surface area (Å²) in [6, 6.07) is 14.0. The average Bonchev–Trinajstić information content (AvgIpc) is 3.48. The summed E-state index contributed by atoms with van der Waals surface area (Å²) in [7, 11) is 0. The highest BCUT2D eigenvalue weighted by atomic mass is 16.5. The van der Waals surface area contributed by atoms with E-state index in [1.54, 1.807) is 4.90 Å². The lowest BCUT2D eigenvalue weighted by molar-refractivity contribution is -0.136. The van der Waals surface area contributed by atoms with E-state index in [4.69, 9.17) is 4.52 Å². The number of hydrogen-bond donors (Lipinski definition) is 0. The Kier molecular flexibility index (Phi) is 5.94. The Morgan fingerprint density at radius 3 is 2.56 bits per heavy atom. The highest BCUT2D eigenvalue weighted by Gasteiger charge is 2.38. The van der Waals surface area contributed by atoms with Crippen molar-refractivity contribution >= 4 is 17.5 Å². The van der Waals surface area contributed by atoms with Gasteiger partial charge in [0.15, 0.2) is 5.82 Å². The second kappa shape index (κ2) is 9.05. The molecule has 0 bridgehead atoms. The number of carbonyl (C=O) groups is 2. The lowest BCUT2D eigenvalue weighted by Crippen LogP contribution is -2.42. The van der Waals surface area contributed by atoms with Crippen molar-refractivity contribution in [1.82, 2.24) is 15.0 Å². The quantitative estimate of drug-likeness (QED) is 0.578. The maximum atomic E-state index is 13.2. The molecule has 176 valence electrons. The van der Waals surface area contributed by atoms with Crippen LogP contribution in [0.4, 0.5) is 5.69 Å². The first-order chi connectivity index (χ1) is 16.4. The molecular formula is C27H30N4O3. The summed E-state index contributed by atoms with van der Waals surface area (Å²) in [6.07, 6.45) is 1.86. The molecule has 0 N–H and O–H groups in total. The Hall–Kier alpha value is -3.48. The van der Waals surface area contributed by atoms with Crippen molar-refractivity contribution in [3.05, 3.63) is 65.0 Å². The van der Waals surface area contributed by atoms with Crippen LogP contribution in [-0.2, 0) is 9.59 Å². The summed E-state index contributed by atoms with van der Waals surface area (Å²) in [5, 5.41) is 4.22. The molecule has 2 aliphatic heterocycles. The van der Waals surface area contributed by atoms with Crippen molar-refractivity contribution in [1.29, 1.82) is 0 Å². The van der Waals surface area contributed by atoms with E-state index < -0.39 is 0 Å². The number of nitrogens with zero attached hydrogens (tertiary/aromatic N) is 4. The Balaban J connectivity index is 1.19. The first-order valence-corrected chi connectivity index (χ1v) is 12.0. The third-order valence-corrected chi connectivity index (χ3v) is 7.15. The number of carbonyl (C=O) groups excluding carboxylic acids is 2. The Bertz CT molecular complexity index is 1230. The van der Waals surface area contributed by atoms with Crippen molar-refractivity contribution in [3.8, 4) is 11.5 Å². The standard InChI is InChI=1S/C27H30N4O3/c1-17-5-4-6-21(13-17)26-28-25(29-34-26)20-9-11-30(12-10-20)27(33)22-15-24(32)31(16-22)23-8-7-18(2)19(3)14-23/h4-8,13-14,20,22H,9-12,15-16H2,1-3H3. The number of aryl methyl sites for hydroxylation is 3. The third-order valence-electron chi connectivity index (χ3n) is 7.15. The minimum atomic E-state index is -0.288. The Labute approximate surface area is 199 Å². The number of hydrogen-bond acceptors (Lipinski definition) is 5. The van der Waals surface area contributed by atoms with Gasteiger partial charge in [-0.25, -0.2) is 0 Å². The Morgan fingerprint density at radius 1 is 1.03 bits per heavy atom. The summed E-state index contributed by atoms with van der Waals surface area (Å²) in [4.78, 5) is 34.2. The van der Waals surface area contributed by atoms with Crippen LogP contribution in [0.3, 0.4) is 0 Å². The van der Waals surface area contributed by atoms with Crippen molar-refractivity contribution in [2.45, 2.75) is 46.0 Å². The average molecular weight is 459 g/mol. The fraction of sp³-hybridized carbons (Fsp3) is 0.407. The number of rotatable bonds is 4. The molecule has 0 radical (unpaired) electrons. The SMILES string of the molecule is Cc1cccc(-c2nc(C3CCN(C(=O)C4CC(=O)N(c5ccc(C)c(C)c5)C4)CC3)no2)c1. The fourth-order valence-electron chi connectivity index (χ4n) is 4.93. The highest BCUT2D eigenvalue weighted by Crippen LogP contribution is 2.32. The van der Waals surface area contributed by atoms with E-state index in [2.05, 4.69) is 17.1 Å². The molecule has 7 nitrogen and oxygen atoms in total. The second-order valence-corrected chi connectivity index (χ2v) is 9.60. The largest absolute Gasteiger partial charge is 0.342 e. The number of benzene rings is 2. The molecule has 5 rings (SSSR count). The molecule has 1 aromatic heterocycles. The van der Waals surface area contributed by atoms with Crippen LogP contribution in [-0.4, -0.2) is 46.5 Å². The minimum Gasteiger partial charge on any atom is -0.342 e. The van der Waals surface area contributed by atoms with Gasteiger partial charge in [0.25, 0.3) is 5.89 Å². The molecule has 3 aromatic rings. The van der Waals surface area contributed by atoms with Gasteiger partial charge in [-0.05, 0) is 69.0 Å². The van der Waals surface area contributed by atoms with Crippen LogP contribution in [0.1, 0.15) is 47.7 Å². The molecule has 34 heavy (non-hydrogen) atoms. The molecule has 1 unspecified atom stereocenters. The predicted molar refractivity (Wildman–Crippen MR) is 129 cm³/mol. The molecule has 1 atom stereocenters. The maximum Gasteiger partial charge on any atom is 0.257 e. The lowest BCUT2D eigenvalue weighted by atomic mass is 9.95. The van der Waals surface area contributed by atoms with E-state index in [-0.39, 0.29) is 30.1 Å². The van der Waals surface area contributed by atoms with Crippen LogP contribution >= 0.6 is 0 Å². The Morgan fingerprint density at radius 2 is 1.82 bits per heavy atom. The molecule has 3 heterocycles. The molecule has 2 saturated heterocycles. The molecule has 2 fully saturated rings. The van der Waals surface area contributed by atoms with Gasteiger partial charge in [-0.2, -0.15) is 4.98 Å². The van der Waals surface area contributed by atoms with E-state index in [9.17, 15) is 9.59 Å². The summed E-state index contributed by atoms with van der Waals surface area (Å²) in [5.41, 5.74) is 5.28. The van der Waals surface area contributed by atoms with E-state index in [1.807, 2.05) is 61.2 Å². The predicted octanol–water partition coefficient (Wildman–Crippen LogP) is 4.42. The molecule has 0 aliphatic carbocycles. The zero-order chi connectivity index (χ0) is 23.8. The molecule has 2 amide bonds. The molecule has 2 aromatic carbocycles. The highest BCUT2D eigenvalue weighted by molar-refractivity contribution is 6.00. The zero-order valence-corrected chi connectivity index (χ0v) is 20.0. The maximum absolute atomic E-state index is 13.2. The van der Waals surface area contributed by atoms with Gasteiger partial charge in [-0.15, -0.1) is 0 Å². The van der Waals surface area contributed by atoms with Gasteiger partial charge in [-0.1, -0.05) is 28.9 Å². The topological polar surface area (TPSA) is 79.5 Å². The summed E-state index contributed by atoms with van der Waals surface area (Å²) in [6.45, 7) is 7.87. The fourth-order valence-corrected chi connectivity index (χ4v) is 4.93. The van der Waals surface area contributed by atoms with Crippen LogP contribution in [0.2, 0.25) is 0 Å². The molecule has 7 heteroatoms. The monoisotopic (exact) mass is 458 g/mol. The first kappa shape index (κ1) is 22.3. The van der Waals surface area contributed by atoms with Gasteiger partial charge < -0.3 is 14.3 Å². The second-order valence-electron chi connectivity index (χ2n) is 9.60. The summed E-state index contributed by atoms with van der Waals surface area (Å²) in [5.74, 6) is 1.22. The van der Waals surface area contributed by atoms with Crippen molar-refractivity contribution in [2.24, 2.45) is 5.92 Å². The lowest BCUT2D eigenvalue weighted by Gasteiger charge is -2.32. The first-order valence-electron chi connectivity index (χ1n) is 12.0. The van der Waals surface area contributed by atoms with Crippen LogP contribution < -0.4 is 4.90 Å². The molecule has 0 saturated carbocycles. The van der Waals surface area contributed by atoms with Gasteiger partial charge in [0.1, 0.15) is 0 Å².